The molecule has 0 amide bonds. The highest BCUT2D eigenvalue weighted by molar-refractivity contribution is 5.63. The van der Waals surface area contributed by atoms with Crippen molar-refractivity contribution < 1.29 is 9.31 Å². The summed E-state index contributed by atoms with van der Waals surface area (Å²) in [5, 5.41) is 10.6. The lowest BCUT2D eigenvalue weighted by Gasteiger charge is -2.13. The van der Waals surface area contributed by atoms with Gasteiger partial charge in [0.05, 0.1) is 4.92 Å². The SMILES string of the molecule is Cc1cc([N+](=O)[O-])c(N(C)C)cc1F. The maximum Gasteiger partial charge on any atom is 0.292 e. The van der Waals surface area contributed by atoms with Gasteiger partial charge in [0.25, 0.3) is 5.69 Å². The molecule has 14 heavy (non-hydrogen) atoms. The van der Waals surface area contributed by atoms with Crippen molar-refractivity contribution in [2.45, 2.75) is 6.92 Å². The molecule has 0 N–H and O–H groups in total. The number of nitrogens with zero attached hydrogens (tertiary/aromatic N) is 2. The largest absolute Gasteiger partial charge is 0.372 e. The topological polar surface area (TPSA) is 46.4 Å². The van der Waals surface area contributed by atoms with Crippen molar-refractivity contribution >= 4 is 11.4 Å². The van der Waals surface area contributed by atoms with E-state index in [0.29, 0.717) is 0 Å². The second-order valence-corrected chi connectivity index (χ2v) is 3.24. The maximum atomic E-state index is 13.1. The molecule has 1 rings (SSSR count). The summed E-state index contributed by atoms with van der Waals surface area (Å²) in [6.45, 7) is 1.50. The van der Waals surface area contributed by atoms with Crippen molar-refractivity contribution in [1.82, 2.24) is 0 Å². The highest BCUT2D eigenvalue weighted by Crippen LogP contribution is 2.29. The summed E-state index contributed by atoms with van der Waals surface area (Å²) in [6.07, 6.45) is 0. The van der Waals surface area contributed by atoms with Gasteiger partial charge in [0.2, 0.25) is 0 Å². The van der Waals surface area contributed by atoms with Gasteiger partial charge in [0, 0.05) is 26.2 Å². The van der Waals surface area contributed by atoms with Crippen LogP contribution >= 0.6 is 0 Å². The molecule has 0 radical (unpaired) electrons. The molecule has 76 valence electrons. The molecule has 0 saturated heterocycles. The number of anilines is 1. The van der Waals surface area contributed by atoms with Crippen LogP contribution in [0.3, 0.4) is 0 Å². The zero-order valence-corrected chi connectivity index (χ0v) is 8.24. The van der Waals surface area contributed by atoms with Crippen LogP contribution in [0.15, 0.2) is 12.1 Å². The van der Waals surface area contributed by atoms with E-state index in [0.717, 1.165) is 0 Å². The summed E-state index contributed by atoms with van der Waals surface area (Å²) in [6, 6.07) is 2.41. The number of nitro benzene ring substituents is 1. The maximum absolute atomic E-state index is 13.1. The Morgan fingerprint density at radius 1 is 1.43 bits per heavy atom. The molecule has 0 aliphatic heterocycles. The predicted molar refractivity (Wildman–Crippen MR) is 52.1 cm³/mol. The van der Waals surface area contributed by atoms with Gasteiger partial charge in [-0.2, -0.15) is 0 Å². The van der Waals surface area contributed by atoms with Crippen molar-refractivity contribution in [3.8, 4) is 0 Å². The van der Waals surface area contributed by atoms with Crippen LogP contribution in [0, 0.1) is 22.9 Å². The molecule has 1 aromatic rings. The quantitative estimate of drug-likeness (QED) is 0.540. The average Bonchev–Trinajstić information content (AvgIpc) is 2.08. The van der Waals surface area contributed by atoms with Gasteiger partial charge in [-0.05, 0) is 12.5 Å². The lowest BCUT2D eigenvalue weighted by Crippen LogP contribution is -2.11. The molecule has 4 nitrogen and oxygen atoms in total. The lowest BCUT2D eigenvalue weighted by molar-refractivity contribution is -0.384. The predicted octanol–water partition coefficient (Wildman–Crippen LogP) is 2.11. The van der Waals surface area contributed by atoms with Crippen molar-refractivity contribution in [1.29, 1.82) is 0 Å². The van der Waals surface area contributed by atoms with Crippen LogP contribution in [0.5, 0.6) is 0 Å². The van der Waals surface area contributed by atoms with E-state index in [-0.39, 0.29) is 16.9 Å². The number of benzene rings is 1. The second kappa shape index (κ2) is 3.61. The molecule has 0 aromatic heterocycles. The van der Waals surface area contributed by atoms with Crippen LogP contribution in [-0.4, -0.2) is 19.0 Å². The fraction of sp³-hybridized carbons (Fsp3) is 0.333. The van der Waals surface area contributed by atoms with Crippen molar-refractivity contribution in [2.75, 3.05) is 19.0 Å². The van der Waals surface area contributed by atoms with E-state index in [1.165, 1.54) is 24.0 Å². The average molecular weight is 198 g/mol. The van der Waals surface area contributed by atoms with Gasteiger partial charge >= 0.3 is 0 Å². The molecule has 0 aliphatic carbocycles. The molecule has 0 spiro atoms. The van der Waals surface area contributed by atoms with Crippen LogP contribution in [0.2, 0.25) is 0 Å². The van der Waals surface area contributed by atoms with Crippen LogP contribution in [0.1, 0.15) is 5.56 Å². The fourth-order valence-corrected chi connectivity index (χ4v) is 1.16. The Kier molecular flexibility index (Phi) is 2.69. The van der Waals surface area contributed by atoms with Gasteiger partial charge in [-0.3, -0.25) is 10.1 Å². The molecule has 0 fully saturated rings. The lowest BCUT2D eigenvalue weighted by atomic mass is 10.1. The highest BCUT2D eigenvalue weighted by Gasteiger charge is 2.17. The molecule has 0 heterocycles. The molecule has 0 unspecified atom stereocenters. The van der Waals surface area contributed by atoms with Crippen LogP contribution in [0.4, 0.5) is 15.8 Å². The number of hydrogen-bond donors (Lipinski definition) is 0. The van der Waals surface area contributed by atoms with Crippen LogP contribution in [0.25, 0.3) is 0 Å². The van der Waals surface area contributed by atoms with Crippen molar-refractivity contribution in [3.05, 3.63) is 33.6 Å². The third-order valence-electron chi connectivity index (χ3n) is 1.93. The van der Waals surface area contributed by atoms with Gasteiger partial charge in [-0.25, -0.2) is 4.39 Å². The molecule has 5 heteroatoms. The van der Waals surface area contributed by atoms with Crippen LogP contribution in [-0.2, 0) is 0 Å². The minimum absolute atomic E-state index is 0.0751. The van der Waals surface area contributed by atoms with Gasteiger partial charge < -0.3 is 4.90 Å². The standard InChI is InChI=1S/C9H11FN2O2/c1-6-4-9(12(13)14)8(11(2)3)5-7(6)10/h4-5H,1-3H3. The molecule has 0 atom stereocenters. The third-order valence-corrected chi connectivity index (χ3v) is 1.93. The van der Waals surface area contributed by atoms with E-state index in [4.69, 9.17) is 0 Å². The van der Waals surface area contributed by atoms with Gasteiger partial charge in [-0.15, -0.1) is 0 Å². The fourth-order valence-electron chi connectivity index (χ4n) is 1.16. The number of nitro groups is 1. The first-order valence-electron chi connectivity index (χ1n) is 4.05. The van der Waals surface area contributed by atoms with Crippen LogP contribution < -0.4 is 4.90 Å². The van der Waals surface area contributed by atoms with Crippen molar-refractivity contribution in [3.63, 3.8) is 0 Å². The number of hydrogen-bond acceptors (Lipinski definition) is 3. The Balaban J connectivity index is 3.39. The summed E-state index contributed by atoms with van der Waals surface area (Å²) < 4.78 is 13.1. The Morgan fingerprint density at radius 3 is 2.43 bits per heavy atom. The van der Waals surface area contributed by atoms with Gasteiger partial charge in [-0.1, -0.05) is 0 Å². The first-order valence-corrected chi connectivity index (χ1v) is 4.05. The highest BCUT2D eigenvalue weighted by atomic mass is 19.1. The van der Waals surface area contributed by atoms with E-state index in [1.54, 1.807) is 14.1 Å². The van der Waals surface area contributed by atoms with Gasteiger partial charge in [0.1, 0.15) is 11.5 Å². The molecule has 0 saturated carbocycles. The molecule has 0 bridgehead atoms. The Hall–Kier alpha value is -1.65. The van der Waals surface area contributed by atoms with E-state index in [2.05, 4.69) is 0 Å². The zero-order chi connectivity index (χ0) is 10.9. The van der Waals surface area contributed by atoms with E-state index >= 15 is 0 Å². The summed E-state index contributed by atoms with van der Waals surface area (Å²) in [5.41, 5.74) is 0.481. The summed E-state index contributed by atoms with van der Waals surface area (Å²) in [4.78, 5) is 11.6. The molecule has 0 aliphatic rings. The summed E-state index contributed by atoms with van der Waals surface area (Å²) in [7, 11) is 3.27. The van der Waals surface area contributed by atoms with E-state index < -0.39 is 10.7 Å². The number of rotatable bonds is 2. The Bertz CT molecular complexity index is 377. The number of aryl methyl sites for hydroxylation is 1. The zero-order valence-electron chi connectivity index (χ0n) is 8.24. The van der Waals surface area contributed by atoms with E-state index in [1.807, 2.05) is 0 Å². The molecular weight excluding hydrogens is 187 g/mol. The monoisotopic (exact) mass is 198 g/mol. The first kappa shape index (κ1) is 10.4. The number of halogens is 1. The van der Waals surface area contributed by atoms with Crippen molar-refractivity contribution in [2.24, 2.45) is 0 Å². The third kappa shape index (κ3) is 1.81. The minimum atomic E-state index is -0.512. The van der Waals surface area contributed by atoms with E-state index in [9.17, 15) is 14.5 Å². The first-order chi connectivity index (χ1) is 6.43. The minimum Gasteiger partial charge on any atom is -0.372 e. The Labute approximate surface area is 81.1 Å². The normalized spacial score (nSPS) is 10.0. The summed E-state index contributed by atoms with van der Waals surface area (Å²) >= 11 is 0. The smallest absolute Gasteiger partial charge is 0.292 e. The van der Waals surface area contributed by atoms with Gasteiger partial charge in [0.15, 0.2) is 0 Å². The second-order valence-electron chi connectivity index (χ2n) is 3.24. The molecular formula is C9H11FN2O2. The Morgan fingerprint density at radius 2 is 2.00 bits per heavy atom. The summed E-state index contributed by atoms with van der Waals surface area (Å²) in [5.74, 6) is -0.431. The molecule has 1 aromatic carbocycles.